The molecular formula is C13H12ClNOS. The highest BCUT2D eigenvalue weighted by atomic mass is 35.5. The Kier molecular flexibility index (Phi) is 3.82. The number of carbonyl (C=O) groups is 1. The molecular weight excluding hydrogens is 254 g/mol. The number of rotatable bonds is 3. The molecule has 0 aliphatic heterocycles. The van der Waals surface area contributed by atoms with Crippen LogP contribution < -0.4 is 5.32 Å². The SMILES string of the molecule is CCc1ccc(C(=O)Nc2ccc(Cl)cc2)s1. The fourth-order valence-corrected chi connectivity index (χ4v) is 2.38. The molecule has 2 aromatic rings. The Hall–Kier alpha value is -1.32. The van der Waals surface area contributed by atoms with E-state index in [-0.39, 0.29) is 5.91 Å². The average molecular weight is 266 g/mol. The Morgan fingerprint density at radius 2 is 1.94 bits per heavy atom. The summed E-state index contributed by atoms with van der Waals surface area (Å²) in [6, 6.07) is 10.9. The van der Waals surface area contributed by atoms with Gasteiger partial charge in [-0.25, -0.2) is 0 Å². The lowest BCUT2D eigenvalue weighted by Crippen LogP contribution is -2.09. The Labute approximate surface area is 109 Å². The zero-order valence-electron chi connectivity index (χ0n) is 9.37. The van der Waals surface area contributed by atoms with Crippen molar-refractivity contribution in [3.8, 4) is 0 Å². The second-order valence-corrected chi connectivity index (χ2v) is 5.19. The minimum absolute atomic E-state index is 0.0722. The Bertz CT molecular complexity index is 518. The first-order valence-corrected chi connectivity index (χ1v) is 6.54. The van der Waals surface area contributed by atoms with E-state index in [0.29, 0.717) is 5.02 Å². The molecule has 1 N–H and O–H groups in total. The highest BCUT2D eigenvalue weighted by molar-refractivity contribution is 7.14. The number of hydrogen-bond donors (Lipinski definition) is 1. The van der Waals surface area contributed by atoms with Crippen LogP contribution in [-0.4, -0.2) is 5.91 Å². The monoisotopic (exact) mass is 265 g/mol. The van der Waals surface area contributed by atoms with Crippen molar-refractivity contribution in [2.75, 3.05) is 5.32 Å². The molecule has 1 heterocycles. The first-order chi connectivity index (χ1) is 8.19. The summed E-state index contributed by atoms with van der Waals surface area (Å²) >= 11 is 7.30. The van der Waals surface area contributed by atoms with Gasteiger partial charge in [-0.1, -0.05) is 18.5 Å². The van der Waals surface area contributed by atoms with Crippen LogP contribution >= 0.6 is 22.9 Å². The van der Waals surface area contributed by atoms with E-state index in [1.54, 1.807) is 24.3 Å². The van der Waals surface area contributed by atoms with Gasteiger partial charge in [-0.2, -0.15) is 0 Å². The molecule has 0 aliphatic carbocycles. The van der Waals surface area contributed by atoms with Gasteiger partial charge in [0.25, 0.3) is 5.91 Å². The van der Waals surface area contributed by atoms with Crippen LogP contribution in [0.1, 0.15) is 21.5 Å². The lowest BCUT2D eigenvalue weighted by molar-refractivity contribution is 0.103. The molecule has 0 spiro atoms. The minimum atomic E-state index is -0.0722. The normalized spacial score (nSPS) is 10.2. The quantitative estimate of drug-likeness (QED) is 0.885. The van der Waals surface area contributed by atoms with E-state index < -0.39 is 0 Å². The van der Waals surface area contributed by atoms with Crippen molar-refractivity contribution in [1.29, 1.82) is 0 Å². The molecule has 0 radical (unpaired) electrons. The van der Waals surface area contributed by atoms with Crippen molar-refractivity contribution >= 4 is 34.5 Å². The molecule has 2 rings (SSSR count). The second kappa shape index (κ2) is 5.34. The number of nitrogens with one attached hydrogen (secondary N) is 1. The van der Waals surface area contributed by atoms with Crippen molar-refractivity contribution in [1.82, 2.24) is 0 Å². The van der Waals surface area contributed by atoms with Gasteiger partial charge in [0.1, 0.15) is 0 Å². The van der Waals surface area contributed by atoms with Gasteiger partial charge in [0.2, 0.25) is 0 Å². The molecule has 0 aliphatic rings. The highest BCUT2D eigenvalue weighted by Crippen LogP contribution is 2.19. The number of aryl methyl sites for hydroxylation is 1. The summed E-state index contributed by atoms with van der Waals surface area (Å²) in [6.45, 7) is 2.08. The van der Waals surface area contributed by atoms with Crippen LogP contribution in [0.25, 0.3) is 0 Å². The number of thiophene rings is 1. The van der Waals surface area contributed by atoms with Gasteiger partial charge in [0.05, 0.1) is 4.88 Å². The molecule has 0 atom stereocenters. The molecule has 0 saturated heterocycles. The molecule has 0 fully saturated rings. The number of amides is 1. The Morgan fingerprint density at radius 3 is 2.53 bits per heavy atom. The molecule has 0 unspecified atom stereocenters. The fraction of sp³-hybridized carbons (Fsp3) is 0.154. The summed E-state index contributed by atoms with van der Waals surface area (Å²) in [5, 5.41) is 3.50. The third kappa shape index (κ3) is 3.08. The van der Waals surface area contributed by atoms with Crippen molar-refractivity contribution in [2.24, 2.45) is 0 Å². The molecule has 0 saturated carbocycles. The number of anilines is 1. The van der Waals surface area contributed by atoms with Gasteiger partial charge < -0.3 is 5.32 Å². The van der Waals surface area contributed by atoms with Crippen molar-refractivity contribution in [3.05, 3.63) is 51.2 Å². The van der Waals surface area contributed by atoms with Crippen LogP contribution in [0.3, 0.4) is 0 Å². The first-order valence-electron chi connectivity index (χ1n) is 5.34. The van der Waals surface area contributed by atoms with E-state index in [0.717, 1.165) is 17.0 Å². The molecule has 1 aromatic heterocycles. The van der Waals surface area contributed by atoms with E-state index in [1.165, 1.54) is 16.2 Å². The summed E-state index contributed by atoms with van der Waals surface area (Å²) in [5.74, 6) is -0.0722. The zero-order chi connectivity index (χ0) is 12.3. The van der Waals surface area contributed by atoms with Gasteiger partial charge in [-0.05, 0) is 42.8 Å². The molecule has 4 heteroatoms. The summed E-state index contributed by atoms with van der Waals surface area (Å²) < 4.78 is 0. The fourth-order valence-electron chi connectivity index (χ4n) is 1.42. The minimum Gasteiger partial charge on any atom is -0.321 e. The first kappa shape index (κ1) is 12.1. The molecule has 17 heavy (non-hydrogen) atoms. The van der Waals surface area contributed by atoms with Gasteiger partial charge in [-0.15, -0.1) is 11.3 Å². The molecule has 1 amide bonds. The van der Waals surface area contributed by atoms with Gasteiger partial charge >= 0.3 is 0 Å². The van der Waals surface area contributed by atoms with E-state index >= 15 is 0 Å². The summed E-state index contributed by atoms with van der Waals surface area (Å²) in [5.41, 5.74) is 0.755. The van der Waals surface area contributed by atoms with Gasteiger partial charge in [0.15, 0.2) is 0 Å². The number of halogens is 1. The van der Waals surface area contributed by atoms with Crippen molar-refractivity contribution in [2.45, 2.75) is 13.3 Å². The maximum absolute atomic E-state index is 11.9. The van der Waals surface area contributed by atoms with E-state index in [9.17, 15) is 4.79 Å². The van der Waals surface area contributed by atoms with Crippen LogP contribution in [0, 0.1) is 0 Å². The van der Waals surface area contributed by atoms with Crippen LogP contribution in [0.5, 0.6) is 0 Å². The second-order valence-electron chi connectivity index (χ2n) is 3.58. The molecule has 2 nitrogen and oxygen atoms in total. The Morgan fingerprint density at radius 1 is 1.24 bits per heavy atom. The zero-order valence-corrected chi connectivity index (χ0v) is 10.9. The number of benzene rings is 1. The van der Waals surface area contributed by atoms with Gasteiger partial charge in [-0.3, -0.25) is 4.79 Å². The summed E-state index contributed by atoms with van der Waals surface area (Å²) in [6.07, 6.45) is 0.957. The van der Waals surface area contributed by atoms with Crippen LogP contribution in [0.15, 0.2) is 36.4 Å². The smallest absolute Gasteiger partial charge is 0.265 e. The standard InChI is InChI=1S/C13H12ClNOS/c1-2-11-7-8-12(17-11)13(16)15-10-5-3-9(14)4-6-10/h3-8H,2H2,1H3,(H,15,16). The lowest BCUT2D eigenvalue weighted by Gasteiger charge is -2.02. The predicted octanol–water partition coefficient (Wildman–Crippen LogP) is 4.22. The predicted molar refractivity (Wildman–Crippen MR) is 73.1 cm³/mol. The van der Waals surface area contributed by atoms with Crippen LogP contribution in [-0.2, 0) is 6.42 Å². The number of hydrogen-bond acceptors (Lipinski definition) is 2. The van der Waals surface area contributed by atoms with Crippen LogP contribution in [0.4, 0.5) is 5.69 Å². The van der Waals surface area contributed by atoms with Crippen molar-refractivity contribution in [3.63, 3.8) is 0 Å². The highest BCUT2D eigenvalue weighted by Gasteiger charge is 2.08. The topological polar surface area (TPSA) is 29.1 Å². The maximum Gasteiger partial charge on any atom is 0.265 e. The lowest BCUT2D eigenvalue weighted by atomic mass is 10.3. The summed E-state index contributed by atoms with van der Waals surface area (Å²) in [7, 11) is 0. The maximum atomic E-state index is 11.9. The average Bonchev–Trinajstić information content (AvgIpc) is 2.81. The molecule has 0 bridgehead atoms. The van der Waals surface area contributed by atoms with E-state index in [1.807, 2.05) is 12.1 Å². The molecule has 88 valence electrons. The third-order valence-electron chi connectivity index (χ3n) is 2.34. The van der Waals surface area contributed by atoms with E-state index in [2.05, 4.69) is 12.2 Å². The van der Waals surface area contributed by atoms with Crippen LogP contribution in [0.2, 0.25) is 5.02 Å². The van der Waals surface area contributed by atoms with Gasteiger partial charge in [0, 0.05) is 15.6 Å². The Balaban J connectivity index is 2.08. The van der Waals surface area contributed by atoms with E-state index in [4.69, 9.17) is 11.6 Å². The number of carbonyl (C=O) groups excluding carboxylic acids is 1. The molecule has 1 aromatic carbocycles. The largest absolute Gasteiger partial charge is 0.321 e. The van der Waals surface area contributed by atoms with Crippen molar-refractivity contribution < 1.29 is 4.79 Å². The summed E-state index contributed by atoms with van der Waals surface area (Å²) in [4.78, 5) is 13.8. The third-order valence-corrected chi connectivity index (χ3v) is 3.82.